The van der Waals surface area contributed by atoms with Crippen LogP contribution in [0.1, 0.15) is 12.8 Å². The van der Waals surface area contributed by atoms with Crippen LogP contribution in [-0.2, 0) is 0 Å². The third-order valence-electron chi connectivity index (χ3n) is 4.29. The minimum Gasteiger partial charge on any atom is -0.358 e. The van der Waals surface area contributed by atoms with E-state index in [1.807, 2.05) is 6.07 Å². The average Bonchev–Trinajstić information content (AvgIpc) is 2.85. The SMILES string of the molecule is CN1CCC12CCN(c1cccc([N+](=O)[O-])n1)C2. The minimum absolute atomic E-state index is 0.0737. The number of hydrogen-bond donors (Lipinski definition) is 0. The second kappa shape index (κ2) is 3.91. The van der Waals surface area contributed by atoms with Gasteiger partial charge >= 0.3 is 5.82 Å². The Kier molecular flexibility index (Phi) is 2.48. The predicted molar refractivity (Wildman–Crippen MR) is 67.7 cm³/mol. The van der Waals surface area contributed by atoms with Crippen molar-refractivity contribution in [3.63, 3.8) is 0 Å². The summed E-state index contributed by atoms with van der Waals surface area (Å²) in [6.07, 6.45) is 2.34. The maximum absolute atomic E-state index is 10.7. The van der Waals surface area contributed by atoms with Crippen LogP contribution in [0.4, 0.5) is 11.6 Å². The van der Waals surface area contributed by atoms with E-state index in [9.17, 15) is 10.1 Å². The Bertz CT molecular complexity index is 493. The van der Waals surface area contributed by atoms with Gasteiger partial charge in [0.25, 0.3) is 0 Å². The molecule has 18 heavy (non-hydrogen) atoms. The highest BCUT2D eigenvalue weighted by Crippen LogP contribution is 2.39. The van der Waals surface area contributed by atoms with Crippen LogP contribution in [0.15, 0.2) is 18.2 Å². The van der Waals surface area contributed by atoms with E-state index in [4.69, 9.17) is 0 Å². The molecule has 0 saturated carbocycles. The largest absolute Gasteiger partial charge is 0.365 e. The molecular weight excluding hydrogens is 232 g/mol. The van der Waals surface area contributed by atoms with Crippen LogP contribution in [0.5, 0.6) is 0 Å². The lowest BCUT2D eigenvalue weighted by Crippen LogP contribution is -2.59. The molecule has 1 atom stereocenters. The monoisotopic (exact) mass is 248 g/mol. The number of nitro groups is 1. The number of nitrogens with zero attached hydrogens (tertiary/aromatic N) is 4. The molecule has 3 rings (SSSR count). The van der Waals surface area contributed by atoms with Gasteiger partial charge in [0.1, 0.15) is 0 Å². The molecule has 96 valence electrons. The number of likely N-dealkylation sites (N-methyl/N-ethyl adjacent to an activating group) is 1. The minimum atomic E-state index is -0.440. The highest BCUT2D eigenvalue weighted by Gasteiger charge is 2.48. The molecule has 2 aliphatic rings. The van der Waals surface area contributed by atoms with Gasteiger partial charge in [-0.3, -0.25) is 4.90 Å². The molecule has 0 aliphatic carbocycles. The number of anilines is 1. The van der Waals surface area contributed by atoms with Gasteiger partial charge in [-0.2, -0.15) is 0 Å². The Morgan fingerprint density at radius 2 is 2.17 bits per heavy atom. The lowest BCUT2D eigenvalue weighted by molar-refractivity contribution is -0.389. The fourth-order valence-electron chi connectivity index (χ4n) is 2.91. The zero-order valence-electron chi connectivity index (χ0n) is 10.4. The lowest BCUT2D eigenvalue weighted by Gasteiger charge is -2.48. The Balaban J connectivity index is 1.80. The van der Waals surface area contributed by atoms with Gasteiger partial charge < -0.3 is 15.0 Å². The van der Waals surface area contributed by atoms with E-state index in [2.05, 4.69) is 21.8 Å². The molecule has 0 bridgehead atoms. The summed E-state index contributed by atoms with van der Waals surface area (Å²) < 4.78 is 0. The van der Waals surface area contributed by atoms with Crippen LogP contribution in [0, 0.1) is 10.1 Å². The summed E-state index contributed by atoms with van der Waals surface area (Å²) in [7, 11) is 2.15. The first-order chi connectivity index (χ1) is 8.61. The van der Waals surface area contributed by atoms with Crippen LogP contribution in [-0.4, -0.2) is 47.0 Å². The molecule has 1 aromatic heterocycles. The topological polar surface area (TPSA) is 62.5 Å². The first kappa shape index (κ1) is 11.4. The summed E-state index contributed by atoms with van der Waals surface area (Å²) in [5.74, 6) is 0.650. The lowest BCUT2D eigenvalue weighted by atomic mass is 9.85. The molecule has 3 heterocycles. The quantitative estimate of drug-likeness (QED) is 0.582. The molecule has 0 aromatic carbocycles. The summed E-state index contributed by atoms with van der Waals surface area (Å²) >= 11 is 0. The number of pyridine rings is 1. The number of rotatable bonds is 2. The van der Waals surface area contributed by atoms with E-state index >= 15 is 0 Å². The summed E-state index contributed by atoms with van der Waals surface area (Å²) in [4.78, 5) is 18.9. The normalized spacial score (nSPS) is 27.5. The second-order valence-electron chi connectivity index (χ2n) is 5.18. The standard InChI is InChI=1S/C12H16N4O2/c1-14-7-5-12(14)6-8-15(9-12)10-3-2-4-11(13-10)16(17)18/h2-4H,5-9H2,1H3. The molecular formula is C12H16N4O2. The van der Waals surface area contributed by atoms with Gasteiger partial charge in [-0.05, 0) is 35.9 Å². The Labute approximate surface area is 105 Å². The maximum atomic E-state index is 10.7. The Morgan fingerprint density at radius 3 is 2.72 bits per heavy atom. The number of likely N-dealkylation sites (tertiary alicyclic amines) is 1. The molecule has 1 spiro atoms. The highest BCUT2D eigenvalue weighted by molar-refractivity contribution is 5.45. The van der Waals surface area contributed by atoms with Gasteiger partial charge in [-0.25, -0.2) is 0 Å². The van der Waals surface area contributed by atoms with E-state index in [1.165, 1.54) is 12.5 Å². The van der Waals surface area contributed by atoms with Gasteiger partial charge in [-0.15, -0.1) is 0 Å². The zero-order chi connectivity index (χ0) is 12.8. The number of aromatic nitrogens is 1. The summed E-state index contributed by atoms with van der Waals surface area (Å²) in [6, 6.07) is 4.99. The van der Waals surface area contributed by atoms with Crippen LogP contribution in [0.25, 0.3) is 0 Å². The van der Waals surface area contributed by atoms with E-state index in [-0.39, 0.29) is 11.4 Å². The second-order valence-corrected chi connectivity index (χ2v) is 5.18. The molecule has 6 heteroatoms. The van der Waals surface area contributed by atoms with Crippen LogP contribution >= 0.6 is 0 Å². The molecule has 2 saturated heterocycles. The molecule has 0 radical (unpaired) electrons. The summed E-state index contributed by atoms with van der Waals surface area (Å²) in [6.45, 7) is 3.01. The van der Waals surface area contributed by atoms with Crippen LogP contribution in [0.3, 0.4) is 0 Å². The smallest absolute Gasteiger partial charge is 0.358 e. The molecule has 0 N–H and O–H groups in total. The van der Waals surface area contributed by atoms with E-state index < -0.39 is 4.92 Å². The molecule has 1 aromatic rings. The van der Waals surface area contributed by atoms with Crippen LogP contribution in [0.2, 0.25) is 0 Å². The van der Waals surface area contributed by atoms with Crippen molar-refractivity contribution in [2.24, 2.45) is 0 Å². The van der Waals surface area contributed by atoms with Crippen molar-refractivity contribution in [2.75, 3.05) is 31.6 Å². The van der Waals surface area contributed by atoms with Gasteiger partial charge in [0.2, 0.25) is 5.82 Å². The molecule has 2 aliphatic heterocycles. The molecule has 1 unspecified atom stereocenters. The van der Waals surface area contributed by atoms with Crippen molar-refractivity contribution < 1.29 is 4.92 Å². The van der Waals surface area contributed by atoms with Crippen molar-refractivity contribution in [3.05, 3.63) is 28.3 Å². The molecule has 6 nitrogen and oxygen atoms in total. The van der Waals surface area contributed by atoms with E-state index in [0.29, 0.717) is 0 Å². The fourth-order valence-corrected chi connectivity index (χ4v) is 2.91. The third kappa shape index (κ3) is 1.64. The van der Waals surface area contributed by atoms with E-state index in [0.717, 1.165) is 31.9 Å². The van der Waals surface area contributed by atoms with Gasteiger partial charge in [-0.1, -0.05) is 0 Å². The maximum Gasteiger partial charge on any atom is 0.365 e. The summed E-state index contributed by atoms with van der Waals surface area (Å²) in [5.41, 5.74) is 0.284. The van der Waals surface area contributed by atoms with Crippen molar-refractivity contribution in [3.8, 4) is 0 Å². The van der Waals surface area contributed by atoms with Gasteiger partial charge in [0.15, 0.2) is 0 Å². The first-order valence-electron chi connectivity index (χ1n) is 6.18. The van der Waals surface area contributed by atoms with Gasteiger partial charge in [0, 0.05) is 37.3 Å². The predicted octanol–water partition coefficient (Wildman–Crippen LogP) is 1.27. The first-order valence-corrected chi connectivity index (χ1v) is 6.18. The third-order valence-corrected chi connectivity index (χ3v) is 4.29. The zero-order valence-corrected chi connectivity index (χ0v) is 10.4. The van der Waals surface area contributed by atoms with Crippen LogP contribution < -0.4 is 4.90 Å². The molecule has 0 amide bonds. The summed E-state index contributed by atoms with van der Waals surface area (Å²) in [5, 5.41) is 10.7. The molecule has 2 fully saturated rings. The van der Waals surface area contributed by atoms with Crippen molar-refractivity contribution in [1.29, 1.82) is 0 Å². The van der Waals surface area contributed by atoms with Crippen molar-refractivity contribution >= 4 is 11.6 Å². The average molecular weight is 248 g/mol. The van der Waals surface area contributed by atoms with Crippen molar-refractivity contribution in [1.82, 2.24) is 9.88 Å². The van der Waals surface area contributed by atoms with Gasteiger partial charge in [0.05, 0.1) is 0 Å². The number of hydrogen-bond acceptors (Lipinski definition) is 5. The Morgan fingerprint density at radius 1 is 1.39 bits per heavy atom. The highest BCUT2D eigenvalue weighted by atomic mass is 16.6. The van der Waals surface area contributed by atoms with E-state index in [1.54, 1.807) is 6.07 Å². The fraction of sp³-hybridized carbons (Fsp3) is 0.583. The van der Waals surface area contributed by atoms with Crippen molar-refractivity contribution in [2.45, 2.75) is 18.4 Å². The Hall–Kier alpha value is -1.69.